The molecule has 0 saturated carbocycles. The van der Waals surface area contributed by atoms with Gasteiger partial charge < -0.3 is 4.74 Å². The fourth-order valence-corrected chi connectivity index (χ4v) is 3.66. The summed E-state index contributed by atoms with van der Waals surface area (Å²) in [5.74, 6) is -0.0581. The van der Waals surface area contributed by atoms with Crippen LogP contribution in [0.3, 0.4) is 0 Å². The van der Waals surface area contributed by atoms with Gasteiger partial charge in [0.25, 0.3) is 0 Å². The van der Waals surface area contributed by atoms with Crippen LogP contribution in [0.5, 0.6) is 5.75 Å². The lowest BCUT2D eigenvalue weighted by molar-refractivity contribution is 0.0734. The molecule has 170 valence electrons. The number of ether oxygens (including phenoxy) is 1. The van der Waals surface area contributed by atoms with Gasteiger partial charge in [-0.3, -0.25) is 4.99 Å². The molecule has 6 heteroatoms. The lowest BCUT2D eigenvalue weighted by atomic mass is 10.1. The summed E-state index contributed by atoms with van der Waals surface area (Å²) < 4.78 is 7.46. The van der Waals surface area contributed by atoms with Crippen molar-refractivity contribution in [3.05, 3.63) is 132 Å². The van der Waals surface area contributed by atoms with Gasteiger partial charge in [0, 0.05) is 22.4 Å². The summed E-state index contributed by atoms with van der Waals surface area (Å²) in [6.45, 7) is 0. The Morgan fingerprint density at radius 1 is 0.829 bits per heavy atom. The van der Waals surface area contributed by atoms with Crippen LogP contribution in [0.25, 0.3) is 16.9 Å². The second-order valence-electron chi connectivity index (χ2n) is 7.70. The number of hydrogen-bond donors (Lipinski definition) is 0. The Bertz CT molecular complexity index is 1480. The molecule has 1 aromatic heterocycles. The number of aliphatic imine (C=N–C) groups is 1. The van der Waals surface area contributed by atoms with Crippen LogP contribution in [-0.2, 0) is 0 Å². The zero-order valence-electron chi connectivity index (χ0n) is 18.6. The lowest BCUT2D eigenvalue weighted by Crippen LogP contribution is -2.09. The summed E-state index contributed by atoms with van der Waals surface area (Å²) in [5, 5.41) is 5.34. The Labute approximate surface area is 207 Å². The predicted octanol–water partition coefficient (Wildman–Crippen LogP) is 7.16. The monoisotopic (exact) mass is 477 g/mol. The van der Waals surface area contributed by atoms with Gasteiger partial charge in [-0.15, -0.1) is 0 Å². The third-order valence-electron chi connectivity index (χ3n) is 5.31. The molecule has 0 N–H and O–H groups in total. The highest BCUT2D eigenvalue weighted by molar-refractivity contribution is 6.30. The Hall–Kier alpha value is -4.48. The van der Waals surface area contributed by atoms with Crippen LogP contribution in [-0.4, -0.2) is 22.0 Å². The van der Waals surface area contributed by atoms with Crippen molar-refractivity contribution < 1.29 is 9.53 Å². The zero-order valence-corrected chi connectivity index (χ0v) is 19.3. The molecule has 0 aliphatic rings. The van der Waals surface area contributed by atoms with Gasteiger partial charge in [0.1, 0.15) is 17.1 Å². The van der Waals surface area contributed by atoms with Gasteiger partial charge in [-0.25, -0.2) is 9.48 Å². The van der Waals surface area contributed by atoms with Crippen molar-refractivity contribution in [3.63, 3.8) is 0 Å². The summed E-state index contributed by atoms with van der Waals surface area (Å²) in [6, 6.07) is 33.6. The highest BCUT2D eigenvalue weighted by Crippen LogP contribution is 2.30. The van der Waals surface area contributed by atoms with Crippen molar-refractivity contribution >= 4 is 29.5 Å². The number of nitrogens with zero attached hydrogens (tertiary/aromatic N) is 3. The van der Waals surface area contributed by atoms with Gasteiger partial charge in [0.15, 0.2) is 0 Å². The van der Waals surface area contributed by atoms with Gasteiger partial charge in [-0.05, 0) is 48.5 Å². The molecule has 5 aromatic rings. The average Bonchev–Trinajstić information content (AvgIpc) is 3.34. The summed E-state index contributed by atoms with van der Waals surface area (Å²) in [7, 11) is 0. The summed E-state index contributed by atoms with van der Waals surface area (Å²) >= 11 is 5.92. The molecule has 35 heavy (non-hydrogen) atoms. The number of aromatic nitrogens is 2. The van der Waals surface area contributed by atoms with E-state index >= 15 is 0 Å². The topological polar surface area (TPSA) is 56.5 Å². The van der Waals surface area contributed by atoms with E-state index in [1.54, 1.807) is 36.5 Å². The van der Waals surface area contributed by atoms with E-state index < -0.39 is 5.97 Å². The number of halogens is 1. The summed E-state index contributed by atoms with van der Waals surface area (Å²) in [6.07, 6.45) is 3.57. The van der Waals surface area contributed by atoms with Crippen molar-refractivity contribution in [1.82, 2.24) is 9.78 Å². The fraction of sp³-hybridized carbons (Fsp3) is 0. The van der Waals surface area contributed by atoms with Gasteiger partial charge in [0.05, 0.1) is 17.4 Å². The SMILES string of the molecule is O=C(Oc1ccccc1C=Nc1cn(-c2ccccc2)nc1-c1ccccc1)c1ccc(Cl)cc1. The molecule has 5 nitrogen and oxygen atoms in total. The number of hydrogen-bond acceptors (Lipinski definition) is 4. The van der Waals surface area contributed by atoms with Crippen LogP contribution >= 0.6 is 11.6 Å². The lowest BCUT2D eigenvalue weighted by Gasteiger charge is -2.07. The highest BCUT2D eigenvalue weighted by Gasteiger charge is 2.13. The van der Waals surface area contributed by atoms with Crippen LogP contribution in [0.15, 0.2) is 120 Å². The van der Waals surface area contributed by atoms with E-state index in [4.69, 9.17) is 26.4 Å². The first kappa shape index (κ1) is 22.3. The number of benzene rings is 4. The largest absolute Gasteiger partial charge is 0.422 e. The predicted molar refractivity (Wildman–Crippen MR) is 139 cm³/mol. The van der Waals surface area contributed by atoms with E-state index in [2.05, 4.69) is 0 Å². The molecule has 1 heterocycles. The molecule has 5 rings (SSSR count). The second-order valence-corrected chi connectivity index (χ2v) is 8.14. The molecule has 0 aliphatic heterocycles. The number of carbonyl (C=O) groups is 1. The fourth-order valence-electron chi connectivity index (χ4n) is 3.54. The van der Waals surface area contributed by atoms with E-state index in [1.165, 1.54) is 0 Å². The Balaban J connectivity index is 1.47. The first-order valence-corrected chi connectivity index (χ1v) is 11.4. The Kier molecular flexibility index (Phi) is 6.50. The van der Waals surface area contributed by atoms with Crippen molar-refractivity contribution in [1.29, 1.82) is 0 Å². The summed E-state index contributed by atoms with van der Waals surface area (Å²) in [5.41, 5.74) is 4.42. The van der Waals surface area contributed by atoms with E-state index in [1.807, 2.05) is 89.7 Å². The van der Waals surface area contributed by atoms with Gasteiger partial charge in [0.2, 0.25) is 0 Å². The standard InChI is InChI=1S/C29H20ClN3O2/c30-24-17-15-22(16-18-24)29(34)35-27-14-8-7-11-23(27)19-31-26-20-33(25-12-5-2-6-13-25)32-28(26)21-9-3-1-4-10-21/h1-20H. The molecular weight excluding hydrogens is 458 g/mol. The van der Waals surface area contributed by atoms with Crippen LogP contribution in [0.4, 0.5) is 5.69 Å². The average molecular weight is 478 g/mol. The van der Waals surface area contributed by atoms with Crippen molar-refractivity contribution in [2.24, 2.45) is 4.99 Å². The minimum absolute atomic E-state index is 0.410. The zero-order chi connectivity index (χ0) is 24.0. The molecule has 0 amide bonds. The molecule has 4 aromatic carbocycles. The molecule has 0 atom stereocenters. The van der Waals surface area contributed by atoms with Gasteiger partial charge in [-0.2, -0.15) is 5.10 Å². The second kappa shape index (κ2) is 10.2. The highest BCUT2D eigenvalue weighted by atomic mass is 35.5. The molecule has 0 radical (unpaired) electrons. The maximum Gasteiger partial charge on any atom is 0.343 e. The molecule has 0 spiro atoms. The maximum absolute atomic E-state index is 12.6. The van der Waals surface area contributed by atoms with Crippen LogP contribution in [0.1, 0.15) is 15.9 Å². The van der Waals surface area contributed by atoms with Gasteiger partial charge in [-0.1, -0.05) is 72.3 Å². The third-order valence-corrected chi connectivity index (χ3v) is 5.56. The van der Waals surface area contributed by atoms with Gasteiger partial charge >= 0.3 is 5.97 Å². The van der Waals surface area contributed by atoms with Crippen molar-refractivity contribution in [2.75, 3.05) is 0 Å². The molecular formula is C29H20ClN3O2. The Morgan fingerprint density at radius 2 is 1.49 bits per heavy atom. The minimum atomic E-state index is -0.468. The number of esters is 1. The number of rotatable bonds is 6. The molecule has 0 bridgehead atoms. The number of carbonyl (C=O) groups excluding carboxylic acids is 1. The van der Waals surface area contributed by atoms with E-state index in [0.717, 1.165) is 16.9 Å². The Morgan fingerprint density at radius 3 is 2.23 bits per heavy atom. The molecule has 0 fully saturated rings. The molecule has 0 saturated heterocycles. The van der Waals surface area contributed by atoms with E-state index in [-0.39, 0.29) is 0 Å². The third kappa shape index (κ3) is 5.21. The quantitative estimate of drug-likeness (QED) is 0.148. The van der Waals surface area contributed by atoms with E-state index in [9.17, 15) is 4.79 Å². The van der Waals surface area contributed by atoms with E-state index in [0.29, 0.717) is 27.6 Å². The normalized spacial score (nSPS) is 11.0. The maximum atomic E-state index is 12.6. The first-order valence-electron chi connectivity index (χ1n) is 11.0. The first-order chi connectivity index (χ1) is 17.2. The minimum Gasteiger partial charge on any atom is -0.422 e. The molecule has 0 aliphatic carbocycles. The van der Waals surface area contributed by atoms with Crippen LogP contribution in [0.2, 0.25) is 5.02 Å². The van der Waals surface area contributed by atoms with Crippen LogP contribution < -0.4 is 4.74 Å². The smallest absolute Gasteiger partial charge is 0.343 e. The van der Waals surface area contributed by atoms with Crippen LogP contribution in [0, 0.1) is 0 Å². The molecule has 0 unspecified atom stereocenters. The van der Waals surface area contributed by atoms with Crippen molar-refractivity contribution in [2.45, 2.75) is 0 Å². The van der Waals surface area contributed by atoms with Crippen molar-refractivity contribution in [3.8, 4) is 22.7 Å². The number of para-hydroxylation sites is 2. The summed E-state index contributed by atoms with van der Waals surface area (Å²) in [4.78, 5) is 17.4.